The van der Waals surface area contributed by atoms with Gasteiger partial charge in [0.25, 0.3) is 0 Å². The molecule has 3 nitrogen and oxygen atoms in total. The number of rotatable bonds is 4. The predicted octanol–water partition coefficient (Wildman–Crippen LogP) is 3.78. The third-order valence-electron chi connectivity index (χ3n) is 3.01. The molecule has 3 rings (SSSR count). The van der Waals surface area contributed by atoms with E-state index in [1.807, 2.05) is 42.5 Å². The second-order valence-corrected chi connectivity index (χ2v) is 4.85. The molecule has 1 aliphatic heterocycles. The number of nitrogens with one attached hydrogen (secondary N) is 1. The molecule has 1 N–H and O–H groups in total. The van der Waals surface area contributed by atoms with Crippen LogP contribution in [0.4, 0.5) is 0 Å². The van der Waals surface area contributed by atoms with E-state index in [1.165, 1.54) is 11.1 Å². The van der Waals surface area contributed by atoms with Crippen molar-refractivity contribution >= 4 is 24.0 Å². The van der Waals surface area contributed by atoms with E-state index in [9.17, 15) is 0 Å². The van der Waals surface area contributed by atoms with Gasteiger partial charge in [-0.1, -0.05) is 29.8 Å². The van der Waals surface area contributed by atoms with Crippen molar-refractivity contribution in [2.75, 3.05) is 6.79 Å². The van der Waals surface area contributed by atoms with E-state index in [-0.39, 0.29) is 12.4 Å². The average molecular weight is 312 g/mol. The van der Waals surface area contributed by atoms with Crippen LogP contribution in [0.5, 0.6) is 11.5 Å². The Balaban J connectivity index is 0.00000147. The summed E-state index contributed by atoms with van der Waals surface area (Å²) < 4.78 is 10.6. The van der Waals surface area contributed by atoms with Crippen molar-refractivity contribution in [3.63, 3.8) is 0 Å². The summed E-state index contributed by atoms with van der Waals surface area (Å²) in [5, 5.41) is 4.15. The summed E-state index contributed by atoms with van der Waals surface area (Å²) in [7, 11) is 0. The Hall–Kier alpha value is -1.42. The van der Waals surface area contributed by atoms with Crippen LogP contribution in [0.3, 0.4) is 0 Å². The quantitative estimate of drug-likeness (QED) is 0.932. The fourth-order valence-electron chi connectivity index (χ4n) is 2.00. The van der Waals surface area contributed by atoms with Gasteiger partial charge in [-0.15, -0.1) is 12.4 Å². The summed E-state index contributed by atoms with van der Waals surface area (Å²) >= 11 is 5.85. The number of hydrogen-bond donors (Lipinski definition) is 1. The minimum absolute atomic E-state index is 0. The molecule has 0 atom stereocenters. The van der Waals surface area contributed by atoms with Gasteiger partial charge in [-0.25, -0.2) is 0 Å². The van der Waals surface area contributed by atoms with Crippen LogP contribution in [0.25, 0.3) is 0 Å². The second-order valence-electron chi connectivity index (χ2n) is 4.42. The van der Waals surface area contributed by atoms with E-state index in [4.69, 9.17) is 21.1 Å². The lowest BCUT2D eigenvalue weighted by atomic mass is 10.2. The molecule has 0 saturated carbocycles. The Morgan fingerprint density at radius 3 is 2.35 bits per heavy atom. The van der Waals surface area contributed by atoms with E-state index in [0.717, 1.165) is 29.6 Å². The van der Waals surface area contributed by atoms with Gasteiger partial charge in [0.15, 0.2) is 11.5 Å². The van der Waals surface area contributed by atoms with Crippen LogP contribution in [0.1, 0.15) is 11.1 Å². The summed E-state index contributed by atoms with van der Waals surface area (Å²) in [5.74, 6) is 1.65. The minimum Gasteiger partial charge on any atom is -0.454 e. The van der Waals surface area contributed by atoms with Crippen LogP contribution in [0.2, 0.25) is 5.02 Å². The van der Waals surface area contributed by atoms with Crippen LogP contribution in [-0.4, -0.2) is 6.79 Å². The molecule has 0 bridgehead atoms. The molecule has 0 amide bonds. The van der Waals surface area contributed by atoms with Crippen LogP contribution < -0.4 is 14.8 Å². The van der Waals surface area contributed by atoms with Gasteiger partial charge in [-0.05, 0) is 35.4 Å². The lowest BCUT2D eigenvalue weighted by Crippen LogP contribution is -2.12. The Bertz CT molecular complexity index is 573. The van der Waals surface area contributed by atoms with Gasteiger partial charge < -0.3 is 14.8 Å². The SMILES string of the molecule is Cl.Clc1ccc(CNCc2ccc3c(c2)OCO3)cc1. The summed E-state index contributed by atoms with van der Waals surface area (Å²) in [6, 6.07) is 13.9. The first-order valence-corrected chi connectivity index (χ1v) is 6.53. The molecule has 0 radical (unpaired) electrons. The van der Waals surface area contributed by atoms with E-state index in [1.54, 1.807) is 0 Å². The maximum atomic E-state index is 5.85. The molecule has 0 saturated heterocycles. The molecule has 20 heavy (non-hydrogen) atoms. The largest absolute Gasteiger partial charge is 0.454 e. The number of hydrogen-bond acceptors (Lipinski definition) is 3. The molecule has 2 aromatic rings. The Kier molecular flexibility index (Phi) is 5.12. The Labute approximate surface area is 129 Å². The van der Waals surface area contributed by atoms with Gasteiger partial charge >= 0.3 is 0 Å². The molecule has 106 valence electrons. The summed E-state index contributed by atoms with van der Waals surface area (Å²) in [5.41, 5.74) is 2.39. The lowest BCUT2D eigenvalue weighted by molar-refractivity contribution is 0.174. The smallest absolute Gasteiger partial charge is 0.231 e. The fourth-order valence-corrected chi connectivity index (χ4v) is 2.13. The molecule has 1 heterocycles. The standard InChI is InChI=1S/C15H14ClNO2.ClH/c16-13-4-1-11(2-5-13)8-17-9-12-3-6-14-15(7-12)19-10-18-14;/h1-7,17H,8-10H2;1H. The predicted molar refractivity (Wildman–Crippen MR) is 81.8 cm³/mol. The van der Waals surface area contributed by atoms with Gasteiger partial charge in [0.2, 0.25) is 6.79 Å². The highest BCUT2D eigenvalue weighted by Crippen LogP contribution is 2.32. The Morgan fingerprint density at radius 2 is 1.55 bits per heavy atom. The van der Waals surface area contributed by atoms with Crippen molar-refractivity contribution in [3.05, 3.63) is 58.6 Å². The number of ether oxygens (including phenoxy) is 2. The third-order valence-corrected chi connectivity index (χ3v) is 3.26. The first kappa shape index (κ1) is 15.0. The highest BCUT2D eigenvalue weighted by molar-refractivity contribution is 6.30. The molecule has 0 aromatic heterocycles. The van der Waals surface area contributed by atoms with Gasteiger partial charge in [0, 0.05) is 18.1 Å². The topological polar surface area (TPSA) is 30.5 Å². The van der Waals surface area contributed by atoms with Crippen molar-refractivity contribution in [1.82, 2.24) is 5.32 Å². The average Bonchev–Trinajstić information content (AvgIpc) is 2.88. The molecular formula is C15H15Cl2NO2. The van der Waals surface area contributed by atoms with Crippen molar-refractivity contribution < 1.29 is 9.47 Å². The van der Waals surface area contributed by atoms with Crippen LogP contribution >= 0.6 is 24.0 Å². The van der Waals surface area contributed by atoms with Crippen molar-refractivity contribution in [2.45, 2.75) is 13.1 Å². The number of halogens is 2. The van der Waals surface area contributed by atoms with Crippen LogP contribution in [0.15, 0.2) is 42.5 Å². The van der Waals surface area contributed by atoms with E-state index in [0.29, 0.717) is 6.79 Å². The molecule has 2 aromatic carbocycles. The highest BCUT2D eigenvalue weighted by Gasteiger charge is 2.12. The van der Waals surface area contributed by atoms with Gasteiger partial charge in [0.05, 0.1) is 0 Å². The van der Waals surface area contributed by atoms with Crippen LogP contribution in [0, 0.1) is 0 Å². The summed E-state index contributed by atoms with van der Waals surface area (Å²) in [6.07, 6.45) is 0. The molecule has 0 aliphatic carbocycles. The van der Waals surface area contributed by atoms with Crippen LogP contribution in [-0.2, 0) is 13.1 Å². The summed E-state index contributed by atoms with van der Waals surface area (Å²) in [6.45, 7) is 1.92. The normalized spacial score (nSPS) is 12.1. The zero-order valence-corrected chi connectivity index (χ0v) is 12.3. The number of benzene rings is 2. The highest BCUT2D eigenvalue weighted by atomic mass is 35.5. The van der Waals surface area contributed by atoms with Crippen molar-refractivity contribution in [2.24, 2.45) is 0 Å². The maximum absolute atomic E-state index is 5.85. The van der Waals surface area contributed by atoms with E-state index < -0.39 is 0 Å². The molecule has 0 unspecified atom stereocenters. The lowest BCUT2D eigenvalue weighted by Gasteiger charge is -2.06. The Morgan fingerprint density at radius 1 is 0.900 bits per heavy atom. The van der Waals surface area contributed by atoms with Gasteiger partial charge in [-0.3, -0.25) is 0 Å². The first-order chi connectivity index (χ1) is 9.31. The second kappa shape index (κ2) is 6.84. The number of fused-ring (bicyclic) bond motifs is 1. The van der Waals surface area contributed by atoms with Gasteiger partial charge in [0.1, 0.15) is 0 Å². The van der Waals surface area contributed by atoms with E-state index >= 15 is 0 Å². The van der Waals surface area contributed by atoms with Crippen molar-refractivity contribution in [3.8, 4) is 11.5 Å². The molecule has 1 aliphatic rings. The summed E-state index contributed by atoms with van der Waals surface area (Å²) in [4.78, 5) is 0. The molecular weight excluding hydrogens is 297 g/mol. The molecule has 0 fully saturated rings. The first-order valence-electron chi connectivity index (χ1n) is 6.15. The van der Waals surface area contributed by atoms with Gasteiger partial charge in [-0.2, -0.15) is 0 Å². The fraction of sp³-hybridized carbons (Fsp3) is 0.200. The van der Waals surface area contributed by atoms with E-state index in [2.05, 4.69) is 5.32 Å². The molecule has 0 spiro atoms. The zero-order valence-electron chi connectivity index (χ0n) is 10.8. The monoisotopic (exact) mass is 311 g/mol. The third kappa shape index (κ3) is 3.57. The maximum Gasteiger partial charge on any atom is 0.231 e. The van der Waals surface area contributed by atoms with Crippen molar-refractivity contribution in [1.29, 1.82) is 0 Å². The minimum atomic E-state index is 0. The zero-order chi connectivity index (χ0) is 13.1. The molecule has 5 heteroatoms.